The summed E-state index contributed by atoms with van der Waals surface area (Å²) in [4.78, 5) is 0.0445. The average Bonchev–Trinajstić information content (AvgIpc) is 2.41. The SMILES string of the molecule is CC1(F)CCc2c1cccc2S(=O)(=O)Cl. The van der Waals surface area contributed by atoms with Crippen LogP contribution in [0.15, 0.2) is 23.1 Å². The van der Waals surface area contributed by atoms with Gasteiger partial charge in [-0.2, -0.15) is 0 Å². The van der Waals surface area contributed by atoms with Crippen LogP contribution in [0.4, 0.5) is 4.39 Å². The molecule has 0 N–H and O–H groups in total. The molecule has 0 heterocycles. The molecule has 2 nitrogen and oxygen atoms in total. The molecule has 1 aliphatic rings. The first-order valence-corrected chi connectivity index (χ1v) is 6.89. The van der Waals surface area contributed by atoms with Gasteiger partial charge in [0.1, 0.15) is 5.67 Å². The first-order chi connectivity index (χ1) is 6.82. The van der Waals surface area contributed by atoms with Gasteiger partial charge < -0.3 is 0 Å². The van der Waals surface area contributed by atoms with Crippen LogP contribution in [0.5, 0.6) is 0 Å². The van der Waals surface area contributed by atoms with Crippen LogP contribution in [0.1, 0.15) is 24.5 Å². The van der Waals surface area contributed by atoms with Crippen molar-refractivity contribution in [3.8, 4) is 0 Å². The predicted octanol–water partition coefficient (Wildman–Crippen LogP) is 2.75. The first kappa shape index (κ1) is 10.9. The fraction of sp³-hybridized carbons (Fsp3) is 0.400. The second kappa shape index (κ2) is 3.19. The maximum atomic E-state index is 13.9. The van der Waals surface area contributed by atoms with E-state index in [1.165, 1.54) is 19.1 Å². The van der Waals surface area contributed by atoms with Gasteiger partial charge in [0, 0.05) is 10.7 Å². The molecule has 0 amide bonds. The third-order valence-corrected chi connectivity index (χ3v) is 4.21. The molecule has 0 saturated heterocycles. The minimum atomic E-state index is -3.77. The Hall–Kier alpha value is -0.610. The van der Waals surface area contributed by atoms with Gasteiger partial charge >= 0.3 is 0 Å². The number of benzene rings is 1. The molecule has 15 heavy (non-hydrogen) atoms. The number of halogens is 2. The van der Waals surface area contributed by atoms with Crippen LogP contribution in [-0.4, -0.2) is 8.42 Å². The molecule has 1 unspecified atom stereocenters. The maximum absolute atomic E-state index is 13.9. The summed E-state index contributed by atoms with van der Waals surface area (Å²) in [7, 11) is 1.51. The molecule has 0 radical (unpaired) electrons. The molecule has 0 aliphatic heterocycles. The zero-order valence-corrected chi connectivity index (χ0v) is 9.70. The second-order valence-electron chi connectivity index (χ2n) is 3.92. The van der Waals surface area contributed by atoms with Gasteiger partial charge in [0.25, 0.3) is 9.05 Å². The Balaban J connectivity index is 2.70. The summed E-state index contributed by atoms with van der Waals surface area (Å²) >= 11 is 0. The van der Waals surface area contributed by atoms with E-state index in [2.05, 4.69) is 0 Å². The van der Waals surface area contributed by atoms with Crippen molar-refractivity contribution in [1.29, 1.82) is 0 Å². The molecule has 2 rings (SSSR count). The summed E-state index contributed by atoms with van der Waals surface area (Å²) in [6.07, 6.45) is 0.732. The summed E-state index contributed by atoms with van der Waals surface area (Å²) in [5.74, 6) is 0. The van der Waals surface area contributed by atoms with Crippen LogP contribution in [0.3, 0.4) is 0 Å². The zero-order valence-electron chi connectivity index (χ0n) is 8.13. The van der Waals surface area contributed by atoms with Crippen molar-refractivity contribution < 1.29 is 12.8 Å². The number of hydrogen-bond acceptors (Lipinski definition) is 2. The molecule has 5 heteroatoms. The molecule has 0 saturated carbocycles. The highest BCUT2D eigenvalue weighted by atomic mass is 35.7. The molecule has 0 fully saturated rings. The molecule has 0 bridgehead atoms. The van der Waals surface area contributed by atoms with Crippen LogP contribution in [0.25, 0.3) is 0 Å². The van der Waals surface area contributed by atoms with Gasteiger partial charge in [-0.1, -0.05) is 12.1 Å². The second-order valence-corrected chi connectivity index (χ2v) is 6.45. The molecule has 82 valence electrons. The van der Waals surface area contributed by atoms with Crippen LogP contribution in [0, 0.1) is 0 Å². The van der Waals surface area contributed by atoms with Gasteiger partial charge in [0.2, 0.25) is 0 Å². The third kappa shape index (κ3) is 1.76. The Bertz CT molecular complexity index is 508. The van der Waals surface area contributed by atoms with Crippen LogP contribution in [-0.2, 0) is 21.1 Å². The van der Waals surface area contributed by atoms with E-state index < -0.39 is 14.7 Å². The number of fused-ring (bicyclic) bond motifs is 1. The van der Waals surface area contributed by atoms with E-state index in [1.807, 2.05) is 0 Å². The zero-order chi connectivity index (χ0) is 11.3. The van der Waals surface area contributed by atoms with Crippen molar-refractivity contribution in [1.82, 2.24) is 0 Å². The topological polar surface area (TPSA) is 34.1 Å². The summed E-state index contributed by atoms with van der Waals surface area (Å²) in [6.45, 7) is 1.46. The first-order valence-electron chi connectivity index (χ1n) is 4.58. The third-order valence-electron chi connectivity index (χ3n) is 2.80. The van der Waals surface area contributed by atoms with Gasteiger partial charge in [-0.25, -0.2) is 12.8 Å². The van der Waals surface area contributed by atoms with Crippen molar-refractivity contribution >= 4 is 19.7 Å². The van der Waals surface area contributed by atoms with E-state index in [1.54, 1.807) is 6.07 Å². The Labute approximate surface area is 92.5 Å². The smallest absolute Gasteiger partial charge is 0.239 e. The van der Waals surface area contributed by atoms with E-state index in [9.17, 15) is 12.8 Å². The summed E-state index contributed by atoms with van der Waals surface area (Å²) in [5, 5.41) is 0. The van der Waals surface area contributed by atoms with Gasteiger partial charge in [-0.05, 0) is 37.0 Å². The standard InChI is InChI=1S/C10H10ClFO2S/c1-10(12)6-5-7-8(10)3-2-4-9(7)15(11,13)14/h2-4H,5-6H2,1H3. The Morgan fingerprint density at radius 2 is 2.13 bits per heavy atom. The minimum Gasteiger partial charge on any atom is -0.239 e. The van der Waals surface area contributed by atoms with Crippen molar-refractivity contribution in [2.24, 2.45) is 0 Å². The lowest BCUT2D eigenvalue weighted by Gasteiger charge is -2.14. The quantitative estimate of drug-likeness (QED) is 0.716. The van der Waals surface area contributed by atoms with Crippen molar-refractivity contribution in [2.45, 2.75) is 30.3 Å². The normalized spacial score (nSPS) is 25.3. The lowest BCUT2D eigenvalue weighted by atomic mass is 10.0. The number of hydrogen-bond donors (Lipinski definition) is 0. The van der Waals surface area contributed by atoms with Crippen LogP contribution in [0.2, 0.25) is 0 Å². The van der Waals surface area contributed by atoms with E-state index in [4.69, 9.17) is 10.7 Å². The molecule has 1 aromatic carbocycles. The molecule has 0 spiro atoms. The molecular weight excluding hydrogens is 239 g/mol. The Morgan fingerprint density at radius 1 is 1.47 bits per heavy atom. The van der Waals surface area contributed by atoms with Gasteiger partial charge in [-0.3, -0.25) is 0 Å². The number of rotatable bonds is 1. The van der Waals surface area contributed by atoms with Crippen molar-refractivity contribution in [3.63, 3.8) is 0 Å². The van der Waals surface area contributed by atoms with Gasteiger partial charge in [0.05, 0.1) is 4.90 Å². The predicted molar refractivity (Wildman–Crippen MR) is 56.3 cm³/mol. The summed E-state index contributed by atoms with van der Waals surface area (Å²) in [5.41, 5.74) is -0.464. The average molecular weight is 249 g/mol. The van der Waals surface area contributed by atoms with Crippen molar-refractivity contribution in [3.05, 3.63) is 29.3 Å². The molecule has 1 aromatic rings. The monoisotopic (exact) mass is 248 g/mol. The lowest BCUT2D eigenvalue weighted by Crippen LogP contribution is -2.09. The fourth-order valence-corrected chi connectivity index (χ4v) is 3.22. The molecule has 1 aliphatic carbocycles. The maximum Gasteiger partial charge on any atom is 0.261 e. The summed E-state index contributed by atoms with van der Waals surface area (Å²) in [6, 6.07) is 4.56. The van der Waals surface area contributed by atoms with Crippen LogP contribution < -0.4 is 0 Å². The molecular formula is C10H10ClFO2S. The summed E-state index contributed by atoms with van der Waals surface area (Å²) < 4.78 is 36.4. The minimum absolute atomic E-state index is 0.0445. The van der Waals surface area contributed by atoms with E-state index in [-0.39, 0.29) is 4.90 Å². The lowest BCUT2D eigenvalue weighted by molar-refractivity contribution is 0.194. The molecule has 1 atom stereocenters. The highest BCUT2D eigenvalue weighted by molar-refractivity contribution is 8.13. The van der Waals surface area contributed by atoms with E-state index >= 15 is 0 Å². The number of alkyl halides is 1. The molecule has 0 aromatic heterocycles. The Morgan fingerprint density at radius 3 is 2.73 bits per heavy atom. The fourth-order valence-electron chi connectivity index (χ4n) is 2.03. The van der Waals surface area contributed by atoms with E-state index in [0.29, 0.717) is 24.0 Å². The van der Waals surface area contributed by atoms with Crippen molar-refractivity contribution in [2.75, 3.05) is 0 Å². The van der Waals surface area contributed by atoms with E-state index in [0.717, 1.165) is 0 Å². The van der Waals surface area contributed by atoms with Gasteiger partial charge in [0.15, 0.2) is 0 Å². The Kier molecular flexibility index (Phi) is 2.32. The highest BCUT2D eigenvalue weighted by Gasteiger charge is 2.37. The van der Waals surface area contributed by atoms with Gasteiger partial charge in [-0.15, -0.1) is 0 Å². The largest absolute Gasteiger partial charge is 0.261 e. The highest BCUT2D eigenvalue weighted by Crippen LogP contribution is 2.42. The van der Waals surface area contributed by atoms with Crippen LogP contribution >= 0.6 is 10.7 Å².